The van der Waals surface area contributed by atoms with Gasteiger partial charge in [-0.15, -0.1) is 6.42 Å². The van der Waals surface area contributed by atoms with E-state index in [4.69, 9.17) is 20.3 Å². The number of benzene rings is 1. The largest absolute Gasteiger partial charge is 0.486 e. The number of carbonyl (C=O) groups is 2. The molecule has 0 saturated heterocycles. The first-order valence-corrected chi connectivity index (χ1v) is 6.93. The fourth-order valence-electron chi connectivity index (χ4n) is 1.65. The molecule has 0 atom stereocenters. The molecule has 0 radical (unpaired) electrons. The quantitative estimate of drug-likeness (QED) is 0.619. The molecule has 0 aliphatic carbocycles. The van der Waals surface area contributed by atoms with E-state index in [0.29, 0.717) is 11.5 Å². The predicted molar refractivity (Wildman–Crippen MR) is 81.6 cm³/mol. The maximum atomic E-state index is 12.8. The van der Waals surface area contributed by atoms with Crippen molar-refractivity contribution in [2.24, 2.45) is 0 Å². The summed E-state index contributed by atoms with van der Waals surface area (Å²) < 4.78 is 28.2. The number of hydrogen-bond donors (Lipinski definition) is 1. The first kappa shape index (κ1) is 17.1. The van der Waals surface area contributed by atoms with Crippen LogP contribution in [0.5, 0.6) is 5.75 Å². The number of rotatable bonds is 7. The number of amides is 1. The fraction of sp³-hybridized carbons (Fsp3) is 0.176. The second-order valence-electron chi connectivity index (χ2n) is 4.57. The van der Waals surface area contributed by atoms with E-state index in [0.717, 1.165) is 0 Å². The molecule has 1 heterocycles. The van der Waals surface area contributed by atoms with Crippen LogP contribution in [0.1, 0.15) is 16.3 Å². The monoisotopic (exact) mass is 331 g/mol. The lowest BCUT2D eigenvalue weighted by Crippen LogP contribution is -2.28. The molecule has 1 amide bonds. The Morgan fingerprint density at radius 1 is 1.21 bits per heavy atom. The summed E-state index contributed by atoms with van der Waals surface area (Å²) in [6.07, 6.45) is 4.99. The van der Waals surface area contributed by atoms with Gasteiger partial charge in [0.15, 0.2) is 6.61 Å². The summed E-state index contributed by atoms with van der Waals surface area (Å²) in [4.78, 5) is 23.0. The number of furan rings is 1. The van der Waals surface area contributed by atoms with Crippen molar-refractivity contribution in [3.05, 3.63) is 53.7 Å². The summed E-state index contributed by atoms with van der Waals surface area (Å²) in [5, 5.41) is 2.36. The molecule has 0 aliphatic rings. The van der Waals surface area contributed by atoms with Gasteiger partial charge >= 0.3 is 5.97 Å². The fourth-order valence-corrected chi connectivity index (χ4v) is 1.65. The molecule has 0 fully saturated rings. The van der Waals surface area contributed by atoms with Crippen LogP contribution >= 0.6 is 0 Å². The second kappa shape index (κ2) is 8.39. The Morgan fingerprint density at radius 3 is 2.67 bits per heavy atom. The zero-order valence-corrected chi connectivity index (χ0v) is 12.6. The molecule has 124 valence electrons. The molecule has 0 spiro atoms. The van der Waals surface area contributed by atoms with Gasteiger partial charge in [0.2, 0.25) is 5.76 Å². The molecule has 1 N–H and O–H groups in total. The number of esters is 1. The molecule has 0 saturated carbocycles. The van der Waals surface area contributed by atoms with Gasteiger partial charge in [0, 0.05) is 0 Å². The van der Waals surface area contributed by atoms with Crippen molar-refractivity contribution in [2.75, 3.05) is 13.2 Å². The first-order valence-electron chi connectivity index (χ1n) is 6.93. The summed E-state index contributed by atoms with van der Waals surface area (Å²) >= 11 is 0. The van der Waals surface area contributed by atoms with E-state index in [-0.39, 0.29) is 24.7 Å². The van der Waals surface area contributed by atoms with Gasteiger partial charge < -0.3 is 19.2 Å². The predicted octanol–water partition coefficient (Wildman–Crippen LogP) is 1.90. The Labute approximate surface area is 137 Å². The molecule has 6 nitrogen and oxygen atoms in total. The third-order valence-electron chi connectivity index (χ3n) is 2.78. The highest BCUT2D eigenvalue weighted by atomic mass is 19.1. The van der Waals surface area contributed by atoms with Gasteiger partial charge in [-0.2, -0.15) is 0 Å². The highest BCUT2D eigenvalue weighted by Gasteiger charge is 2.14. The lowest BCUT2D eigenvalue weighted by atomic mass is 10.3. The van der Waals surface area contributed by atoms with Crippen LogP contribution in [-0.2, 0) is 16.1 Å². The minimum atomic E-state index is -0.779. The molecule has 7 heteroatoms. The van der Waals surface area contributed by atoms with Crippen molar-refractivity contribution in [3.8, 4) is 18.1 Å². The SMILES string of the molecule is C#CCNC(=O)COC(=O)c1ccc(COc2ccc(F)cc2)o1. The summed E-state index contributed by atoms with van der Waals surface area (Å²) in [6.45, 7) is -0.341. The van der Waals surface area contributed by atoms with E-state index in [1.807, 2.05) is 0 Å². The van der Waals surface area contributed by atoms with Gasteiger partial charge in [0.1, 0.15) is 23.9 Å². The number of nitrogens with one attached hydrogen (secondary N) is 1. The highest BCUT2D eigenvalue weighted by molar-refractivity contribution is 5.88. The van der Waals surface area contributed by atoms with E-state index < -0.39 is 18.5 Å². The topological polar surface area (TPSA) is 77.8 Å². The molecular formula is C17H14FNO5. The highest BCUT2D eigenvalue weighted by Crippen LogP contribution is 2.15. The van der Waals surface area contributed by atoms with Crippen LogP contribution in [0, 0.1) is 18.2 Å². The van der Waals surface area contributed by atoms with E-state index in [1.54, 1.807) is 6.07 Å². The van der Waals surface area contributed by atoms with Gasteiger partial charge in [0.05, 0.1) is 6.54 Å². The molecule has 0 unspecified atom stereocenters. The molecule has 2 rings (SSSR count). The van der Waals surface area contributed by atoms with Crippen molar-refractivity contribution in [3.63, 3.8) is 0 Å². The van der Waals surface area contributed by atoms with Crippen LogP contribution in [0.2, 0.25) is 0 Å². The van der Waals surface area contributed by atoms with Crippen LogP contribution in [0.4, 0.5) is 4.39 Å². The molecule has 0 aliphatic heterocycles. The Bertz CT molecular complexity index is 745. The summed E-state index contributed by atoms with van der Waals surface area (Å²) in [5.41, 5.74) is 0. The Morgan fingerprint density at radius 2 is 1.96 bits per heavy atom. The average Bonchev–Trinajstić information content (AvgIpc) is 3.06. The van der Waals surface area contributed by atoms with Crippen LogP contribution < -0.4 is 10.1 Å². The van der Waals surface area contributed by atoms with Crippen molar-refractivity contribution in [1.82, 2.24) is 5.32 Å². The standard InChI is InChI=1S/C17H14FNO5/c1-2-9-19-16(20)11-23-17(21)15-8-7-14(24-15)10-22-13-5-3-12(18)4-6-13/h1,3-8H,9-11H2,(H,19,20). The molecule has 0 bridgehead atoms. The van der Waals surface area contributed by atoms with Crippen LogP contribution in [0.15, 0.2) is 40.8 Å². The molecular weight excluding hydrogens is 317 g/mol. The van der Waals surface area contributed by atoms with E-state index >= 15 is 0 Å². The number of ether oxygens (including phenoxy) is 2. The van der Waals surface area contributed by atoms with Gasteiger partial charge in [-0.05, 0) is 36.4 Å². The van der Waals surface area contributed by atoms with Crippen LogP contribution in [-0.4, -0.2) is 25.0 Å². The van der Waals surface area contributed by atoms with Gasteiger partial charge in [0.25, 0.3) is 5.91 Å². The molecule has 1 aromatic carbocycles. The van der Waals surface area contributed by atoms with Crippen molar-refractivity contribution in [1.29, 1.82) is 0 Å². The maximum Gasteiger partial charge on any atom is 0.374 e. The number of terminal acetylenes is 1. The van der Waals surface area contributed by atoms with Gasteiger partial charge in [-0.25, -0.2) is 9.18 Å². The zero-order chi connectivity index (χ0) is 17.4. The number of hydrogen-bond acceptors (Lipinski definition) is 5. The van der Waals surface area contributed by atoms with Crippen molar-refractivity contribution in [2.45, 2.75) is 6.61 Å². The first-order chi connectivity index (χ1) is 11.6. The van der Waals surface area contributed by atoms with Gasteiger partial charge in [-0.1, -0.05) is 5.92 Å². The Hall–Kier alpha value is -3.27. The van der Waals surface area contributed by atoms with E-state index in [9.17, 15) is 14.0 Å². The number of halogens is 1. The summed E-state index contributed by atoms with van der Waals surface area (Å²) in [5.74, 6) is 1.36. The van der Waals surface area contributed by atoms with Crippen molar-refractivity contribution >= 4 is 11.9 Å². The van der Waals surface area contributed by atoms with Crippen LogP contribution in [0.25, 0.3) is 0 Å². The normalized spacial score (nSPS) is 9.83. The average molecular weight is 331 g/mol. The van der Waals surface area contributed by atoms with Crippen LogP contribution in [0.3, 0.4) is 0 Å². The lowest BCUT2D eigenvalue weighted by Gasteiger charge is -2.04. The third-order valence-corrected chi connectivity index (χ3v) is 2.78. The third kappa shape index (κ3) is 5.18. The zero-order valence-electron chi connectivity index (χ0n) is 12.6. The van der Waals surface area contributed by atoms with E-state index in [2.05, 4.69) is 11.2 Å². The van der Waals surface area contributed by atoms with E-state index in [1.165, 1.54) is 30.3 Å². The molecule has 1 aromatic heterocycles. The molecule has 2 aromatic rings. The summed E-state index contributed by atoms with van der Waals surface area (Å²) in [6, 6.07) is 8.44. The lowest BCUT2D eigenvalue weighted by molar-refractivity contribution is -0.124. The van der Waals surface area contributed by atoms with Gasteiger partial charge in [-0.3, -0.25) is 4.79 Å². The minimum absolute atomic E-state index is 0.0571. The second-order valence-corrected chi connectivity index (χ2v) is 4.57. The van der Waals surface area contributed by atoms with Crippen molar-refractivity contribution < 1.29 is 27.9 Å². The summed E-state index contributed by atoms with van der Waals surface area (Å²) in [7, 11) is 0. The number of carbonyl (C=O) groups excluding carboxylic acids is 2. The smallest absolute Gasteiger partial charge is 0.374 e. The Balaban J connectivity index is 1.81. The minimum Gasteiger partial charge on any atom is -0.486 e. The maximum absolute atomic E-state index is 12.8. The molecule has 24 heavy (non-hydrogen) atoms. The Kier molecular flexibility index (Phi) is 5.97.